The van der Waals surface area contributed by atoms with Crippen molar-refractivity contribution in [3.63, 3.8) is 0 Å². The number of hydrogen-bond donors (Lipinski definition) is 2. The van der Waals surface area contributed by atoms with E-state index in [1.807, 2.05) is 18.3 Å². The number of aryl methyl sites for hydroxylation is 1. The van der Waals surface area contributed by atoms with E-state index in [4.69, 9.17) is 16.3 Å². The maximum Gasteiger partial charge on any atom is 0.130 e. The molecule has 0 aliphatic carbocycles. The predicted octanol–water partition coefficient (Wildman–Crippen LogP) is 2.03. The number of rotatable bonds is 9. The maximum atomic E-state index is 9.92. The monoisotopic (exact) mass is 338 g/mol. The highest BCUT2D eigenvalue weighted by Gasteiger charge is 2.20. The minimum Gasteiger partial charge on any atom is -0.389 e. The van der Waals surface area contributed by atoms with E-state index in [2.05, 4.69) is 26.8 Å². The summed E-state index contributed by atoms with van der Waals surface area (Å²) in [5, 5.41) is 13.7. The van der Waals surface area contributed by atoms with Crippen LogP contribution in [0.4, 0.5) is 0 Å². The Kier molecular flexibility index (Phi) is 6.98. The van der Waals surface area contributed by atoms with Crippen LogP contribution in [0, 0.1) is 0 Å². The molecule has 2 N–H and O–H groups in total. The Morgan fingerprint density at radius 1 is 1.39 bits per heavy atom. The largest absolute Gasteiger partial charge is 0.389 e. The number of methoxy groups -OCH3 is 1. The Bertz CT molecular complexity index is 605. The first-order valence-electron chi connectivity index (χ1n) is 7.68. The lowest BCUT2D eigenvalue weighted by molar-refractivity contribution is 0.0632. The van der Waals surface area contributed by atoms with Crippen LogP contribution in [0.5, 0.6) is 0 Å². The van der Waals surface area contributed by atoms with Crippen LogP contribution in [-0.4, -0.2) is 46.0 Å². The molecule has 2 aromatic heterocycles. The zero-order valence-electron chi connectivity index (χ0n) is 13.4. The van der Waals surface area contributed by atoms with Crippen molar-refractivity contribution < 1.29 is 9.84 Å². The molecule has 2 rings (SSSR count). The quantitative estimate of drug-likeness (QED) is 0.684. The molecule has 0 spiro atoms. The number of nitrogens with zero attached hydrogens (tertiary/aromatic N) is 3. The highest BCUT2D eigenvalue weighted by Crippen LogP contribution is 2.22. The van der Waals surface area contributed by atoms with E-state index >= 15 is 0 Å². The molecule has 0 fully saturated rings. The summed E-state index contributed by atoms with van der Waals surface area (Å²) in [5.41, 5.74) is 0.957. The highest BCUT2D eigenvalue weighted by molar-refractivity contribution is 6.29. The number of aromatic nitrogens is 3. The van der Waals surface area contributed by atoms with Gasteiger partial charge < -0.3 is 19.7 Å². The van der Waals surface area contributed by atoms with Crippen LogP contribution in [0.3, 0.4) is 0 Å². The van der Waals surface area contributed by atoms with Crippen molar-refractivity contribution in [2.24, 2.45) is 0 Å². The number of hydrogen-bond acceptors (Lipinski definition) is 5. The van der Waals surface area contributed by atoms with Crippen LogP contribution in [0.1, 0.15) is 30.8 Å². The number of aliphatic hydroxyl groups is 1. The minimum atomic E-state index is -0.589. The number of nitrogens with one attached hydrogen (secondary N) is 1. The lowest BCUT2D eigenvalue weighted by Crippen LogP contribution is -2.34. The molecule has 0 amide bonds. The molecule has 0 saturated heterocycles. The van der Waals surface area contributed by atoms with E-state index in [1.165, 1.54) is 0 Å². The summed E-state index contributed by atoms with van der Waals surface area (Å²) in [5.74, 6) is 0.888. The van der Waals surface area contributed by atoms with Gasteiger partial charge in [-0.3, -0.25) is 0 Å². The SMILES string of the molecule is CCCn1ccnc1C(NCC(O)COC)c1ccnc(Cl)c1. The summed E-state index contributed by atoms with van der Waals surface area (Å²) < 4.78 is 7.08. The maximum absolute atomic E-state index is 9.92. The van der Waals surface area contributed by atoms with E-state index in [0.29, 0.717) is 11.7 Å². The Hall–Kier alpha value is -1.47. The van der Waals surface area contributed by atoms with E-state index in [-0.39, 0.29) is 12.6 Å². The van der Waals surface area contributed by atoms with E-state index in [9.17, 15) is 5.11 Å². The first kappa shape index (κ1) is 17.9. The zero-order valence-corrected chi connectivity index (χ0v) is 14.2. The molecular weight excluding hydrogens is 316 g/mol. The van der Waals surface area contributed by atoms with Crippen molar-refractivity contribution >= 4 is 11.6 Å². The molecule has 0 aliphatic heterocycles. The first-order valence-corrected chi connectivity index (χ1v) is 8.06. The van der Waals surface area contributed by atoms with Gasteiger partial charge in [0.05, 0.1) is 18.8 Å². The van der Waals surface area contributed by atoms with Gasteiger partial charge in [-0.1, -0.05) is 18.5 Å². The molecule has 2 atom stereocenters. The van der Waals surface area contributed by atoms with Gasteiger partial charge in [0.15, 0.2) is 0 Å². The molecule has 0 radical (unpaired) electrons. The molecule has 0 aliphatic rings. The second-order valence-electron chi connectivity index (χ2n) is 5.34. The first-order chi connectivity index (χ1) is 11.2. The normalized spacial score (nSPS) is 13.9. The van der Waals surface area contributed by atoms with Crippen LogP contribution in [-0.2, 0) is 11.3 Å². The molecule has 2 heterocycles. The van der Waals surface area contributed by atoms with Crippen LogP contribution in [0.25, 0.3) is 0 Å². The van der Waals surface area contributed by atoms with Gasteiger partial charge in [-0.25, -0.2) is 9.97 Å². The van der Waals surface area contributed by atoms with Crippen molar-refractivity contribution in [2.75, 3.05) is 20.3 Å². The fourth-order valence-electron chi connectivity index (χ4n) is 2.47. The molecule has 23 heavy (non-hydrogen) atoms. The Morgan fingerprint density at radius 3 is 2.91 bits per heavy atom. The molecule has 2 unspecified atom stereocenters. The third-order valence-electron chi connectivity index (χ3n) is 3.47. The lowest BCUT2D eigenvalue weighted by Gasteiger charge is -2.22. The summed E-state index contributed by atoms with van der Waals surface area (Å²) in [6.07, 6.45) is 5.84. The van der Waals surface area contributed by atoms with Crippen molar-refractivity contribution in [1.29, 1.82) is 0 Å². The summed E-state index contributed by atoms with van der Waals surface area (Å²) in [6.45, 7) is 3.67. The van der Waals surface area contributed by atoms with Crippen molar-refractivity contribution in [1.82, 2.24) is 19.9 Å². The number of aliphatic hydroxyl groups excluding tert-OH is 1. The smallest absolute Gasteiger partial charge is 0.130 e. The van der Waals surface area contributed by atoms with Crippen LogP contribution in [0.15, 0.2) is 30.7 Å². The van der Waals surface area contributed by atoms with Gasteiger partial charge in [-0.05, 0) is 24.1 Å². The topological polar surface area (TPSA) is 72.2 Å². The average Bonchev–Trinajstić information content (AvgIpc) is 2.97. The molecule has 6 nitrogen and oxygen atoms in total. The summed E-state index contributed by atoms with van der Waals surface area (Å²) in [6, 6.07) is 3.54. The van der Waals surface area contributed by atoms with E-state index in [1.54, 1.807) is 19.5 Å². The second kappa shape index (κ2) is 8.98. The van der Waals surface area contributed by atoms with E-state index in [0.717, 1.165) is 24.4 Å². The standard InChI is InChI=1S/C16H23ClN4O2/c1-3-7-21-8-6-19-16(21)15(20-10-13(22)11-23-2)12-4-5-18-14(17)9-12/h4-6,8-9,13,15,20,22H,3,7,10-11H2,1-2H3. The van der Waals surface area contributed by atoms with Gasteiger partial charge in [0, 0.05) is 38.8 Å². The second-order valence-corrected chi connectivity index (χ2v) is 5.73. The van der Waals surface area contributed by atoms with Crippen molar-refractivity contribution in [3.05, 3.63) is 47.3 Å². The van der Waals surface area contributed by atoms with Gasteiger partial charge >= 0.3 is 0 Å². The number of imidazole rings is 1. The Labute approximate surface area is 141 Å². The number of pyridine rings is 1. The molecule has 0 bridgehead atoms. The molecule has 0 saturated carbocycles. The highest BCUT2D eigenvalue weighted by atomic mass is 35.5. The Morgan fingerprint density at radius 2 is 2.22 bits per heavy atom. The van der Waals surface area contributed by atoms with Gasteiger partial charge in [0.25, 0.3) is 0 Å². The lowest BCUT2D eigenvalue weighted by atomic mass is 10.1. The fraction of sp³-hybridized carbons (Fsp3) is 0.500. The van der Waals surface area contributed by atoms with Crippen LogP contribution >= 0.6 is 11.6 Å². The fourth-order valence-corrected chi connectivity index (χ4v) is 2.65. The zero-order chi connectivity index (χ0) is 16.7. The Balaban J connectivity index is 2.25. The van der Waals surface area contributed by atoms with Crippen LogP contribution in [0.2, 0.25) is 5.15 Å². The predicted molar refractivity (Wildman–Crippen MR) is 89.5 cm³/mol. The summed E-state index contributed by atoms with van der Waals surface area (Å²) in [4.78, 5) is 8.52. The molecule has 2 aromatic rings. The minimum absolute atomic E-state index is 0.177. The van der Waals surface area contributed by atoms with Gasteiger partial charge in [-0.2, -0.15) is 0 Å². The molecular formula is C16H23ClN4O2. The number of halogens is 1. The summed E-state index contributed by atoms with van der Waals surface area (Å²) in [7, 11) is 1.57. The molecule has 0 aromatic carbocycles. The van der Waals surface area contributed by atoms with Crippen molar-refractivity contribution in [3.8, 4) is 0 Å². The summed E-state index contributed by atoms with van der Waals surface area (Å²) >= 11 is 6.03. The van der Waals surface area contributed by atoms with Crippen LogP contribution < -0.4 is 5.32 Å². The third-order valence-corrected chi connectivity index (χ3v) is 3.68. The van der Waals surface area contributed by atoms with E-state index < -0.39 is 6.10 Å². The van der Waals surface area contributed by atoms with Gasteiger partial charge in [0.1, 0.15) is 11.0 Å². The van der Waals surface area contributed by atoms with Gasteiger partial charge in [-0.15, -0.1) is 0 Å². The van der Waals surface area contributed by atoms with Crippen molar-refractivity contribution in [2.45, 2.75) is 32.0 Å². The average molecular weight is 339 g/mol. The molecule has 7 heteroatoms. The van der Waals surface area contributed by atoms with Gasteiger partial charge in [0.2, 0.25) is 0 Å². The molecule has 126 valence electrons. The third kappa shape index (κ3) is 5.00. The number of ether oxygens (including phenoxy) is 1.